The van der Waals surface area contributed by atoms with E-state index in [1.807, 2.05) is 6.08 Å². The summed E-state index contributed by atoms with van der Waals surface area (Å²) >= 11 is 11.7. The van der Waals surface area contributed by atoms with Gasteiger partial charge in [-0.25, -0.2) is 0 Å². The smallest absolute Gasteiger partial charge is 0.188 e. The summed E-state index contributed by atoms with van der Waals surface area (Å²) in [6.45, 7) is 0. The van der Waals surface area contributed by atoms with Gasteiger partial charge in [-0.1, -0.05) is 29.3 Å². The van der Waals surface area contributed by atoms with Gasteiger partial charge in [-0.05, 0) is 49.5 Å². The summed E-state index contributed by atoms with van der Waals surface area (Å²) < 4.78 is 0. The number of hydrogen-bond acceptors (Lipinski definition) is 1. The van der Waals surface area contributed by atoms with Gasteiger partial charge in [-0.15, -0.1) is 0 Å². The van der Waals surface area contributed by atoms with Gasteiger partial charge in [-0.3, -0.25) is 4.79 Å². The average Bonchev–Trinajstić information content (AvgIpc) is 2.33. The maximum atomic E-state index is 12.1. The van der Waals surface area contributed by atoms with E-state index in [0.29, 0.717) is 15.6 Å². The zero-order valence-electron chi connectivity index (χ0n) is 8.80. The van der Waals surface area contributed by atoms with E-state index < -0.39 is 0 Å². The Morgan fingerprint density at radius 3 is 2.56 bits per heavy atom. The first kappa shape index (κ1) is 11.7. The van der Waals surface area contributed by atoms with Crippen molar-refractivity contribution in [3.63, 3.8) is 0 Å². The van der Waals surface area contributed by atoms with Crippen LogP contribution in [-0.4, -0.2) is 5.78 Å². The zero-order valence-corrected chi connectivity index (χ0v) is 10.3. The van der Waals surface area contributed by atoms with Crippen LogP contribution in [0.25, 0.3) is 0 Å². The largest absolute Gasteiger partial charge is 0.289 e. The van der Waals surface area contributed by atoms with Gasteiger partial charge in [-0.2, -0.15) is 0 Å². The molecule has 1 nitrogen and oxygen atoms in total. The molecule has 0 saturated carbocycles. The number of carbonyl (C=O) groups excluding carboxylic acids is 1. The van der Waals surface area contributed by atoms with Gasteiger partial charge in [0, 0.05) is 5.56 Å². The van der Waals surface area contributed by atoms with E-state index in [0.717, 1.165) is 24.8 Å². The molecule has 0 N–H and O–H groups in total. The Morgan fingerprint density at radius 2 is 1.94 bits per heavy atom. The maximum absolute atomic E-state index is 12.1. The third-order valence-electron chi connectivity index (χ3n) is 2.76. The Morgan fingerprint density at radius 1 is 1.12 bits per heavy atom. The lowest BCUT2D eigenvalue weighted by molar-refractivity contribution is 0.102. The molecule has 0 atom stereocenters. The molecule has 0 aliphatic heterocycles. The van der Waals surface area contributed by atoms with E-state index in [4.69, 9.17) is 23.2 Å². The van der Waals surface area contributed by atoms with Gasteiger partial charge < -0.3 is 0 Å². The van der Waals surface area contributed by atoms with Crippen molar-refractivity contribution < 1.29 is 4.79 Å². The zero-order chi connectivity index (χ0) is 11.5. The topological polar surface area (TPSA) is 17.1 Å². The Bertz CT molecular complexity index is 449. The van der Waals surface area contributed by atoms with Crippen LogP contribution in [-0.2, 0) is 0 Å². The van der Waals surface area contributed by atoms with E-state index in [1.54, 1.807) is 18.2 Å². The normalized spacial score (nSPS) is 15.8. The number of halogens is 2. The van der Waals surface area contributed by atoms with Gasteiger partial charge in [0.05, 0.1) is 10.0 Å². The van der Waals surface area contributed by atoms with E-state index in [1.165, 1.54) is 6.42 Å². The highest BCUT2D eigenvalue weighted by molar-refractivity contribution is 6.42. The van der Waals surface area contributed by atoms with E-state index >= 15 is 0 Å². The first-order valence-corrected chi connectivity index (χ1v) is 6.13. The summed E-state index contributed by atoms with van der Waals surface area (Å²) in [5, 5.41) is 0.916. The molecule has 0 spiro atoms. The summed E-state index contributed by atoms with van der Waals surface area (Å²) in [6, 6.07) is 5.04. The predicted molar refractivity (Wildman–Crippen MR) is 67.3 cm³/mol. The van der Waals surface area contributed by atoms with E-state index in [9.17, 15) is 4.79 Å². The molecule has 0 heterocycles. The number of benzene rings is 1. The maximum Gasteiger partial charge on any atom is 0.188 e. The Kier molecular flexibility index (Phi) is 3.67. The molecule has 0 amide bonds. The van der Waals surface area contributed by atoms with E-state index in [-0.39, 0.29) is 5.78 Å². The lowest BCUT2D eigenvalue weighted by atomic mass is 9.93. The number of rotatable bonds is 2. The fourth-order valence-electron chi connectivity index (χ4n) is 1.87. The van der Waals surface area contributed by atoms with Crippen LogP contribution < -0.4 is 0 Å². The third-order valence-corrected chi connectivity index (χ3v) is 3.50. The van der Waals surface area contributed by atoms with Gasteiger partial charge in [0.1, 0.15) is 0 Å². The first-order valence-electron chi connectivity index (χ1n) is 5.37. The molecule has 3 heteroatoms. The van der Waals surface area contributed by atoms with Gasteiger partial charge >= 0.3 is 0 Å². The number of hydrogen-bond donors (Lipinski definition) is 0. The molecule has 1 aliphatic rings. The van der Waals surface area contributed by atoms with Crippen LogP contribution in [0.1, 0.15) is 36.0 Å². The molecule has 16 heavy (non-hydrogen) atoms. The van der Waals surface area contributed by atoms with Crippen molar-refractivity contribution in [3.05, 3.63) is 45.5 Å². The Balaban J connectivity index is 2.26. The fourth-order valence-corrected chi connectivity index (χ4v) is 2.17. The van der Waals surface area contributed by atoms with Crippen LogP contribution in [0.4, 0.5) is 0 Å². The average molecular weight is 255 g/mol. The minimum absolute atomic E-state index is 0.0817. The number of carbonyl (C=O) groups is 1. The van der Waals surface area contributed by atoms with Crippen molar-refractivity contribution >= 4 is 29.0 Å². The van der Waals surface area contributed by atoms with Crippen molar-refractivity contribution in [2.24, 2.45) is 0 Å². The fraction of sp³-hybridized carbons (Fsp3) is 0.308. The highest BCUT2D eigenvalue weighted by atomic mass is 35.5. The van der Waals surface area contributed by atoms with Crippen LogP contribution in [0.15, 0.2) is 29.8 Å². The summed E-state index contributed by atoms with van der Waals surface area (Å²) in [5.41, 5.74) is 1.53. The summed E-state index contributed by atoms with van der Waals surface area (Å²) in [7, 11) is 0. The van der Waals surface area contributed by atoms with Crippen LogP contribution in [0, 0.1) is 0 Å². The van der Waals surface area contributed by atoms with E-state index in [2.05, 4.69) is 0 Å². The molecule has 0 aromatic heterocycles. The third kappa shape index (κ3) is 2.47. The summed E-state index contributed by atoms with van der Waals surface area (Å²) in [4.78, 5) is 12.1. The van der Waals surface area contributed by atoms with Crippen molar-refractivity contribution in [1.29, 1.82) is 0 Å². The highest BCUT2D eigenvalue weighted by Gasteiger charge is 2.15. The molecule has 1 aromatic carbocycles. The van der Waals surface area contributed by atoms with Crippen LogP contribution in [0.5, 0.6) is 0 Å². The number of allylic oxidation sites excluding steroid dienone is 2. The lowest BCUT2D eigenvalue weighted by Gasteiger charge is -2.11. The molecule has 0 fully saturated rings. The van der Waals surface area contributed by atoms with Crippen molar-refractivity contribution in [2.75, 3.05) is 0 Å². The molecule has 0 bridgehead atoms. The van der Waals surface area contributed by atoms with Crippen molar-refractivity contribution in [3.8, 4) is 0 Å². The summed E-state index contributed by atoms with van der Waals surface area (Å²) in [6.07, 6.45) is 6.19. The predicted octanol–water partition coefficient (Wildman–Crippen LogP) is 4.68. The highest BCUT2D eigenvalue weighted by Crippen LogP contribution is 2.26. The standard InChI is InChI=1S/C13H12Cl2O/c14-11-7-6-10(8-12(11)15)13(16)9-4-2-1-3-5-9/h4,6-8H,1-3,5H2. The van der Waals surface area contributed by atoms with Crippen molar-refractivity contribution in [2.45, 2.75) is 25.7 Å². The first-order chi connectivity index (χ1) is 7.68. The minimum atomic E-state index is 0.0817. The second-order valence-corrected chi connectivity index (χ2v) is 4.75. The molecule has 0 radical (unpaired) electrons. The molecule has 1 aliphatic carbocycles. The lowest BCUT2D eigenvalue weighted by Crippen LogP contribution is -2.06. The monoisotopic (exact) mass is 254 g/mol. The quantitative estimate of drug-likeness (QED) is 0.701. The van der Waals surface area contributed by atoms with Gasteiger partial charge in [0.2, 0.25) is 0 Å². The second-order valence-electron chi connectivity index (χ2n) is 3.93. The van der Waals surface area contributed by atoms with Gasteiger partial charge in [0.15, 0.2) is 5.78 Å². The molecule has 0 unspecified atom stereocenters. The van der Waals surface area contributed by atoms with Crippen LogP contribution in [0.2, 0.25) is 10.0 Å². The summed E-state index contributed by atoms with van der Waals surface area (Å²) in [5.74, 6) is 0.0817. The SMILES string of the molecule is O=C(C1=CCCCC1)c1ccc(Cl)c(Cl)c1. The van der Waals surface area contributed by atoms with Crippen LogP contribution >= 0.6 is 23.2 Å². The Hall–Kier alpha value is -0.790. The molecule has 1 aromatic rings. The van der Waals surface area contributed by atoms with Crippen molar-refractivity contribution in [1.82, 2.24) is 0 Å². The Labute approximate surface area is 105 Å². The number of ketones is 1. The minimum Gasteiger partial charge on any atom is -0.289 e. The molecule has 2 rings (SSSR count). The van der Waals surface area contributed by atoms with Gasteiger partial charge in [0.25, 0.3) is 0 Å². The van der Waals surface area contributed by atoms with Crippen LogP contribution in [0.3, 0.4) is 0 Å². The second kappa shape index (κ2) is 5.03. The molecular weight excluding hydrogens is 243 g/mol. The molecule has 84 valence electrons. The molecular formula is C13H12Cl2O. The molecule has 0 saturated heterocycles. The number of Topliss-reactive ketones (excluding diaryl/α,β-unsaturated/α-hetero) is 1.